The molecular formula is C20H21N3O5. The van der Waals surface area contributed by atoms with E-state index in [4.69, 9.17) is 9.84 Å². The van der Waals surface area contributed by atoms with Crippen LogP contribution in [0.5, 0.6) is 0 Å². The average Bonchev–Trinajstić information content (AvgIpc) is 2.67. The fraction of sp³-hybridized carbons (Fsp3) is 0.300. The lowest BCUT2D eigenvalue weighted by Crippen LogP contribution is -2.48. The highest BCUT2D eigenvalue weighted by Gasteiger charge is 2.26. The Balaban J connectivity index is 1.67. The zero-order valence-electron chi connectivity index (χ0n) is 15.6. The molecule has 1 aromatic carbocycles. The third kappa shape index (κ3) is 4.52. The van der Waals surface area contributed by atoms with Crippen LogP contribution in [-0.2, 0) is 4.74 Å². The highest BCUT2D eigenvalue weighted by Crippen LogP contribution is 2.17. The number of ether oxygens (including phenoxy) is 1. The number of aromatic carboxylic acids is 1. The number of carboxylic acids is 1. The van der Waals surface area contributed by atoms with Crippen LogP contribution in [-0.4, -0.2) is 58.1 Å². The van der Waals surface area contributed by atoms with Crippen LogP contribution in [0.2, 0.25) is 0 Å². The molecule has 3 rings (SSSR count). The van der Waals surface area contributed by atoms with E-state index in [9.17, 15) is 14.4 Å². The molecule has 2 amide bonds. The summed E-state index contributed by atoms with van der Waals surface area (Å²) in [7, 11) is 0. The van der Waals surface area contributed by atoms with Gasteiger partial charge in [0.1, 0.15) is 5.69 Å². The number of nitrogens with one attached hydrogen (secondary N) is 1. The highest BCUT2D eigenvalue weighted by molar-refractivity contribution is 6.05. The third-order valence-electron chi connectivity index (χ3n) is 4.34. The maximum absolute atomic E-state index is 12.7. The minimum absolute atomic E-state index is 0.0117. The molecule has 8 heteroatoms. The summed E-state index contributed by atoms with van der Waals surface area (Å²) in [6.45, 7) is 4.94. The number of benzene rings is 1. The Hall–Kier alpha value is -3.26. The molecule has 1 fully saturated rings. The number of hydrogen-bond acceptors (Lipinski definition) is 5. The summed E-state index contributed by atoms with van der Waals surface area (Å²) in [5.41, 5.74) is 1.00. The van der Waals surface area contributed by atoms with Crippen molar-refractivity contribution in [2.75, 3.05) is 18.4 Å². The first-order chi connectivity index (χ1) is 13.3. The maximum atomic E-state index is 12.7. The van der Waals surface area contributed by atoms with Gasteiger partial charge in [-0.05, 0) is 50.2 Å². The fourth-order valence-corrected chi connectivity index (χ4v) is 3.11. The van der Waals surface area contributed by atoms with Crippen LogP contribution >= 0.6 is 0 Å². The Morgan fingerprint density at radius 2 is 1.71 bits per heavy atom. The molecule has 2 aromatic rings. The number of carbonyl (C=O) groups is 3. The van der Waals surface area contributed by atoms with Crippen LogP contribution in [0.25, 0.3) is 0 Å². The zero-order valence-corrected chi connectivity index (χ0v) is 15.6. The molecule has 1 aromatic heterocycles. The van der Waals surface area contributed by atoms with Crippen LogP contribution in [0, 0.1) is 0 Å². The van der Waals surface area contributed by atoms with E-state index in [0.717, 1.165) is 0 Å². The van der Waals surface area contributed by atoms with Gasteiger partial charge in [0, 0.05) is 36.1 Å². The summed E-state index contributed by atoms with van der Waals surface area (Å²) >= 11 is 0. The summed E-state index contributed by atoms with van der Waals surface area (Å²) in [5, 5.41) is 11.6. The predicted molar refractivity (Wildman–Crippen MR) is 102 cm³/mol. The number of nitrogens with zero attached hydrogens (tertiary/aromatic N) is 2. The van der Waals surface area contributed by atoms with Crippen molar-refractivity contribution < 1.29 is 24.2 Å². The second kappa shape index (κ2) is 8.18. The lowest BCUT2D eigenvalue weighted by molar-refractivity contribution is -0.0586. The van der Waals surface area contributed by atoms with E-state index in [1.165, 1.54) is 18.3 Å². The smallest absolute Gasteiger partial charge is 0.354 e. The molecule has 146 valence electrons. The summed E-state index contributed by atoms with van der Waals surface area (Å²) in [5.74, 6) is -1.75. The molecule has 0 spiro atoms. The van der Waals surface area contributed by atoms with Gasteiger partial charge in [-0.2, -0.15) is 0 Å². The van der Waals surface area contributed by atoms with Gasteiger partial charge in [-0.3, -0.25) is 9.59 Å². The van der Waals surface area contributed by atoms with E-state index in [-0.39, 0.29) is 29.4 Å². The molecule has 8 nitrogen and oxygen atoms in total. The molecule has 0 radical (unpaired) electrons. The second-order valence-corrected chi connectivity index (χ2v) is 6.73. The molecule has 2 N–H and O–H groups in total. The quantitative estimate of drug-likeness (QED) is 0.838. The number of pyridine rings is 1. The normalized spacial score (nSPS) is 19.1. The Kier molecular flexibility index (Phi) is 5.70. The molecule has 2 unspecified atom stereocenters. The van der Waals surface area contributed by atoms with E-state index < -0.39 is 11.9 Å². The van der Waals surface area contributed by atoms with Crippen molar-refractivity contribution in [1.29, 1.82) is 0 Å². The lowest BCUT2D eigenvalue weighted by Gasteiger charge is -2.35. The number of morpholine rings is 1. The van der Waals surface area contributed by atoms with E-state index in [2.05, 4.69) is 10.3 Å². The van der Waals surface area contributed by atoms with E-state index >= 15 is 0 Å². The largest absolute Gasteiger partial charge is 0.477 e. The number of carboxylic acid groups (broad SMARTS) is 1. The summed E-state index contributed by atoms with van der Waals surface area (Å²) in [4.78, 5) is 41.4. The second-order valence-electron chi connectivity index (χ2n) is 6.73. The number of amides is 2. The van der Waals surface area contributed by atoms with Crippen LogP contribution in [0.1, 0.15) is 45.1 Å². The minimum atomic E-state index is -1.20. The van der Waals surface area contributed by atoms with Crippen LogP contribution in [0.4, 0.5) is 5.69 Å². The van der Waals surface area contributed by atoms with Gasteiger partial charge >= 0.3 is 5.97 Å². The Bertz CT molecular complexity index is 887. The summed E-state index contributed by atoms with van der Waals surface area (Å²) < 4.78 is 5.65. The first-order valence-corrected chi connectivity index (χ1v) is 8.89. The van der Waals surface area contributed by atoms with Crippen molar-refractivity contribution in [3.63, 3.8) is 0 Å². The van der Waals surface area contributed by atoms with Crippen molar-refractivity contribution >= 4 is 23.5 Å². The van der Waals surface area contributed by atoms with Gasteiger partial charge in [0.05, 0.1) is 12.2 Å². The average molecular weight is 383 g/mol. The fourth-order valence-electron chi connectivity index (χ4n) is 3.11. The zero-order chi connectivity index (χ0) is 20.3. The first-order valence-electron chi connectivity index (χ1n) is 8.89. The van der Waals surface area contributed by atoms with Gasteiger partial charge in [0.15, 0.2) is 0 Å². The molecule has 1 aliphatic rings. The van der Waals surface area contributed by atoms with Gasteiger partial charge in [-0.25, -0.2) is 9.78 Å². The topological polar surface area (TPSA) is 109 Å². The van der Waals surface area contributed by atoms with Gasteiger partial charge in [-0.1, -0.05) is 0 Å². The Morgan fingerprint density at radius 3 is 2.32 bits per heavy atom. The van der Waals surface area contributed by atoms with Crippen molar-refractivity contribution in [3.05, 3.63) is 59.4 Å². The lowest BCUT2D eigenvalue weighted by atomic mass is 10.1. The third-order valence-corrected chi connectivity index (χ3v) is 4.34. The maximum Gasteiger partial charge on any atom is 0.354 e. The highest BCUT2D eigenvalue weighted by atomic mass is 16.5. The monoisotopic (exact) mass is 383 g/mol. The number of anilines is 1. The van der Waals surface area contributed by atoms with Gasteiger partial charge < -0.3 is 20.1 Å². The number of rotatable bonds is 4. The molecular weight excluding hydrogens is 362 g/mol. The van der Waals surface area contributed by atoms with Crippen molar-refractivity contribution in [2.45, 2.75) is 26.1 Å². The van der Waals surface area contributed by atoms with Crippen LogP contribution < -0.4 is 5.32 Å². The van der Waals surface area contributed by atoms with Gasteiger partial charge in [-0.15, -0.1) is 0 Å². The van der Waals surface area contributed by atoms with Crippen molar-refractivity contribution in [3.8, 4) is 0 Å². The molecule has 2 heterocycles. The SMILES string of the molecule is CC1CN(C(=O)c2ccc(NC(=O)c3ccnc(C(=O)O)c3)cc2)CC(C)O1. The molecule has 1 aliphatic heterocycles. The minimum Gasteiger partial charge on any atom is -0.477 e. The molecule has 0 saturated carbocycles. The molecule has 28 heavy (non-hydrogen) atoms. The molecule has 1 saturated heterocycles. The number of hydrogen-bond donors (Lipinski definition) is 2. The van der Waals surface area contributed by atoms with E-state index in [1.54, 1.807) is 29.2 Å². The van der Waals surface area contributed by atoms with Crippen LogP contribution in [0.15, 0.2) is 42.6 Å². The van der Waals surface area contributed by atoms with Gasteiger partial charge in [0.2, 0.25) is 0 Å². The number of aromatic nitrogens is 1. The standard InChI is InChI=1S/C20H21N3O5/c1-12-10-23(11-13(2)28-12)19(25)14-3-5-16(6-4-14)22-18(24)15-7-8-21-17(9-15)20(26)27/h3-9,12-13H,10-11H2,1-2H3,(H,22,24)(H,26,27). The van der Waals surface area contributed by atoms with E-state index in [0.29, 0.717) is 24.3 Å². The van der Waals surface area contributed by atoms with E-state index in [1.807, 2.05) is 13.8 Å². The predicted octanol–water partition coefficient (Wildman–Crippen LogP) is 2.28. The van der Waals surface area contributed by atoms with Gasteiger partial charge in [0.25, 0.3) is 11.8 Å². The summed E-state index contributed by atoms with van der Waals surface area (Å²) in [6, 6.07) is 9.21. The molecule has 0 bridgehead atoms. The van der Waals surface area contributed by atoms with Crippen molar-refractivity contribution in [1.82, 2.24) is 9.88 Å². The first kappa shape index (κ1) is 19.5. The Morgan fingerprint density at radius 1 is 1.07 bits per heavy atom. The molecule has 0 aliphatic carbocycles. The summed E-state index contributed by atoms with van der Waals surface area (Å²) in [6.07, 6.45) is 1.24. The Labute approximate surface area is 162 Å². The van der Waals surface area contributed by atoms with Crippen LogP contribution in [0.3, 0.4) is 0 Å². The van der Waals surface area contributed by atoms with Crippen molar-refractivity contribution in [2.24, 2.45) is 0 Å². The molecule has 2 atom stereocenters. The number of carbonyl (C=O) groups excluding carboxylic acids is 2.